The minimum atomic E-state index is 0.709. The smallest absolute Gasteiger partial charge is 0.126 e. The fourth-order valence-electron chi connectivity index (χ4n) is 1.47. The van der Waals surface area contributed by atoms with Gasteiger partial charge in [-0.15, -0.1) is 0 Å². The van der Waals surface area contributed by atoms with Gasteiger partial charge in [-0.1, -0.05) is 13.0 Å². The molecule has 0 saturated heterocycles. The number of hydrogen-bond donors (Lipinski definition) is 1. The van der Waals surface area contributed by atoms with Gasteiger partial charge >= 0.3 is 0 Å². The first-order valence-electron chi connectivity index (χ1n) is 5.47. The van der Waals surface area contributed by atoms with Crippen molar-refractivity contribution >= 4 is 5.82 Å². The molecular weight excluding hydrogens is 198 g/mol. The molecule has 3 heteroatoms. The fraction of sp³-hybridized carbons (Fsp3) is 0.231. The van der Waals surface area contributed by atoms with Crippen LogP contribution < -0.4 is 5.32 Å². The van der Waals surface area contributed by atoms with Crippen LogP contribution in [0.3, 0.4) is 0 Å². The van der Waals surface area contributed by atoms with Crippen molar-refractivity contribution in [3.05, 3.63) is 54.0 Å². The molecule has 0 spiro atoms. The zero-order valence-electron chi connectivity index (χ0n) is 9.35. The third kappa shape index (κ3) is 2.79. The highest BCUT2D eigenvalue weighted by atomic mass is 15.0. The van der Waals surface area contributed by atoms with Gasteiger partial charge in [-0.3, -0.25) is 4.98 Å². The Labute approximate surface area is 95.6 Å². The van der Waals surface area contributed by atoms with Crippen molar-refractivity contribution in [1.29, 1.82) is 0 Å². The molecule has 2 aromatic heterocycles. The Morgan fingerprint density at radius 1 is 1.12 bits per heavy atom. The zero-order valence-corrected chi connectivity index (χ0v) is 9.35. The largest absolute Gasteiger partial charge is 0.364 e. The summed E-state index contributed by atoms with van der Waals surface area (Å²) in [5.41, 5.74) is 2.31. The van der Waals surface area contributed by atoms with E-state index in [0.29, 0.717) is 6.54 Å². The van der Waals surface area contributed by atoms with Crippen molar-refractivity contribution in [3.8, 4) is 0 Å². The second kappa shape index (κ2) is 5.26. The summed E-state index contributed by atoms with van der Waals surface area (Å²) in [5.74, 6) is 0.907. The topological polar surface area (TPSA) is 37.8 Å². The highest BCUT2D eigenvalue weighted by molar-refractivity contribution is 5.37. The van der Waals surface area contributed by atoms with Crippen molar-refractivity contribution in [2.75, 3.05) is 5.32 Å². The summed E-state index contributed by atoms with van der Waals surface area (Å²) in [6, 6.07) is 10.0. The molecule has 1 N–H and O–H groups in total. The van der Waals surface area contributed by atoms with Crippen LogP contribution >= 0.6 is 0 Å². The molecule has 0 atom stereocenters. The fourth-order valence-corrected chi connectivity index (χ4v) is 1.47. The predicted molar refractivity (Wildman–Crippen MR) is 65.2 cm³/mol. The maximum absolute atomic E-state index is 4.26. The van der Waals surface area contributed by atoms with E-state index in [2.05, 4.69) is 28.3 Å². The Morgan fingerprint density at radius 2 is 2.06 bits per heavy atom. The summed E-state index contributed by atoms with van der Waals surface area (Å²) in [5, 5.41) is 3.26. The average Bonchev–Trinajstić information content (AvgIpc) is 2.38. The SMILES string of the molecule is CCc1ccnc(NCc2ccccn2)c1. The second-order valence-electron chi connectivity index (χ2n) is 3.58. The van der Waals surface area contributed by atoms with Crippen LogP contribution in [0.25, 0.3) is 0 Å². The maximum atomic E-state index is 4.26. The van der Waals surface area contributed by atoms with E-state index in [1.54, 1.807) is 6.20 Å². The van der Waals surface area contributed by atoms with Crippen LogP contribution in [-0.4, -0.2) is 9.97 Å². The first-order valence-corrected chi connectivity index (χ1v) is 5.47. The van der Waals surface area contributed by atoms with Gasteiger partial charge in [-0.2, -0.15) is 0 Å². The Kier molecular flexibility index (Phi) is 3.49. The van der Waals surface area contributed by atoms with Crippen LogP contribution in [0.4, 0.5) is 5.82 Å². The number of anilines is 1. The van der Waals surface area contributed by atoms with Crippen molar-refractivity contribution in [1.82, 2.24) is 9.97 Å². The summed E-state index contributed by atoms with van der Waals surface area (Å²) >= 11 is 0. The Balaban J connectivity index is 1.99. The molecule has 0 amide bonds. The summed E-state index contributed by atoms with van der Waals surface area (Å²) in [6.07, 6.45) is 4.66. The van der Waals surface area contributed by atoms with Crippen molar-refractivity contribution in [2.24, 2.45) is 0 Å². The lowest BCUT2D eigenvalue weighted by Gasteiger charge is -2.05. The lowest BCUT2D eigenvalue weighted by Crippen LogP contribution is -2.03. The molecule has 2 heterocycles. The molecule has 0 fully saturated rings. The van der Waals surface area contributed by atoms with Crippen LogP contribution in [-0.2, 0) is 13.0 Å². The zero-order chi connectivity index (χ0) is 11.2. The number of nitrogens with zero attached hydrogens (tertiary/aromatic N) is 2. The summed E-state index contributed by atoms with van der Waals surface area (Å²) in [4.78, 5) is 8.51. The maximum Gasteiger partial charge on any atom is 0.126 e. The van der Waals surface area contributed by atoms with Crippen molar-refractivity contribution < 1.29 is 0 Å². The van der Waals surface area contributed by atoms with Gasteiger partial charge in [0.1, 0.15) is 5.82 Å². The standard InChI is InChI=1S/C13H15N3/c1-2-11-6-8-15-13(9-11)16-10-12-5-3-4-7-14-12/h3-9H,2,10H2,1H3,(H,15,16). The van der Waals surface area contributed by atoms with Gasteiger partial charge < -0.3 is 5.32 Å². The van der Waals surface area contributed by atoms with Gasteiger partial charge in [0.15, 0.2) is 0 Å². The lowest BCUT2D eigenvalue weighted by atomic mass is 10.2. The highest BCUT2D eigenvalue weighted by Crippen LogP contribution is 2.08. The Morgan fingerprint density at radius 3 is 2.81 bits per heavy atom. The van der Waals surface area contributed by atoms with Crippen LogP contribution in [0.15, 0.2) is 42.7 Å². The minimum absolute atomic E-state index is 0.709. The van der Waals surface area contributed by atoms with E-state index in [1.807, 2.05) is 30.5 Å². The first-order chi connectivity index (χ1) is 7.88. The predicted octanol–water partition coefficient (Wildman–Crippen LogP) is 2.65. The first kappa shape index (κ1) is 10.6. The molecular formula is C13H15N3. The molecule has 0 aliphatic carbocycles. The van der Waals surface area contributed by atoms with E-state index in [0.717, 1.165) is 17.9 Å². The molecule has 3 nitrogen and oxygen atoms in total. The van der Waals surface area contributed by atoms with Gasteiger partial charge in [-0.05, 0) is 36.2 Å². The third-order valence-electron chi connectivity index (χ3n) is 2.41. The highest BCUT2D eigenvalue weighted by Gasteiger charge is 1.96. The molecule has 2 aromatic rings. The lowest BCUT2D eigenvalue weighted by molar-refractivity contribution is 1.02. The normalized spacial score (nSPS) is 10.1. The van der Waals surface area contributed by atoms with E-state index < -0.39 is 0 Å². The van der Waals surface area contributed by atoms with Crippen LogP contribution in [0.1, 0.15) is 18.2 Å². The van der Waals surface area contributed by atoms with Crippen molar-refractivity contribution in [2.45, 2.75) is 19.9 Å². The Hall–Kier alpha value is -1.90. The summed E-state index contributed by atoms with van der Waals surface area (Å²) in [6.45, 7) is 2.85. The minimum Gasteiger partial charge on any atom is -0.364 e. The quantitative estimate of drug-likeness (QED) is 0.848. The summed E-state index contributed by atoms with van der Waals surface area (Å²) in [7, 11) is 0. The molecule has 82 valence electrons. The molecule has 0 unspecified atom stereocenters. The van der Waals surface area contributed by atoms with E-state index in [4.69, 9.17) is 0 Å². The summed E-state index contributed by atoms with van der Waals surface area (Å²) < 4.78 is 0. The molecule has 0 aliphatic rings. The van der Waals surface area contributed by atoms with Crippen LogP contribution in [0.2, 0.25) is 0 Å². The number of pyridine rings is 2. The third-order valence-corrected chi connectivity index (χ3v) is 2.41. The van der Waals surface area contributed by atoms with E-state index in [-0.39, 0.29) is 0 Å². The molecule has 16 heavy (non-hydrogen) atoms. The molecule has 0 bridgehead atoms. The van der Waals surface area contributed by atoms with Gasteiger partial charge in [-0.25, -0.2) is 4.98 Å². The monoisotopic (exact) mass is 213 g/mol. The van der Waals surface area contributed by atoms with Gasteiger partial charge in [0.05, 0.1) is 12.2 Å². The van der Waals surface area contributed by atoms with E-state index in [9.17, 15) is 0 Å². The number of aromatic nitrogens is 2. The Bertz CT molecular complexity index is 440. The van der Waals surface area contributed by atoms with Crippen LogP contribution in [0.5, 0.6) is 0 Å². The number of nitrogens with one attached hydrogen (secondary N) is 1. The van der Waals surface area contributed by atoms with Gasteiger partial charge in [0, 0.05) is 12.4 Å². The number of rotatable bonds is 4. The molecule has 0 aliphatic heterocycles. The second-order valence-corrected chi connectivity index (χ2v) is 3.58. The van der Waals surface area contributed by atoms with E-state index >= 15 is 0 Å². The number of aryl methyl sites for hydroxylation is 1. The molecule has 0 aromatic carbocycles. The van der Waals surface area contributed by atoms with Crippen molar-refractivity contribution in [3.63, 3.8) is 0 Å². The molecule has 0 saturated carbocycles. The van der Waals surface area contributed by atoms with E-state index in [1.165, 1.54) is 5.56 Å². The van der Waals surface area contributed by atoms with Crippen LogP contribution in [0, 0.1) is 0 Å². The molecule has 2 rings (SSSR count). The number of hydrogen-bond acceptors (Lipinski definition) is 3. The average molecular weight is 213 g/mol. The van der Waals surface area contributed by atoms with Gasteiger partial charge in [0.2, 0.25) is 0 Å². The van der Waals surface area contributed by atoms with Gasteiger partial charge in [0.25, 0.3) is 0 Å². The molecule has 0 radical (unpaired) electrons.